The molecule has 0 aliphatic rings. The maximum atomic E-state index is 12.6. The number of hydrogen-bond donors (Lipinski definition) is 0. The molecule has 1 atom stereocenters. The number of carbonyl (C=O) groups is 1. The molecule has 0 saturated heterocycles. The predicted octanol–water partition coefficient (Wildman–Crippen LogP) is 3.84. The van der Waals surface area contributed by atoms with E-state index in [4.69, 9.17) is 0 Å². The van der Waals surface area contributed by atoms with Gasteiger partial charge in [0, 0.05) is 30.6 Å². The maximum absolute atomic E-state index is 12.6. The Morgan fingerprint density at radius 3 is 2.41 bits per heavy atom. The summed E-state index contributed by atoms with van der Waals surface area (Å²) in [5.74, 6) is 0.544. The van der Waals surface area contributed by atoms with Gasteiger partial charge in [-0.2, -0.15) is 8.78 Å². The van der Waals surface area contributed by atoms with Crippen molar-refractivity contribution in [3.05, 3.63) is 54.4 Å². The van der Waals surface area contributed by atoms with E-state index in [-0.39, 0.29) is 11.5 Å². The highest BCUT2D eigenvalue weighted by Gasteiger charge is 2.21. The number of carbonyl (C=O) groups excluding carboxylic acids is 1. The van der Waals surface area contributed by atoms with Crippen molar-refractivity contribution in [1.82, 2.24) is 19.7 Å². The second kappa shape index (κ2) is 8.26. The summed E-state index contributed by atoms with van der Waals surface area (Å²) in [5, 5.41) is 8.50. The number of rotatable bonds is 7. The second-order valence-corrected chi connectivity index (χ2v) is 6.94. The van der Waals surface area contributed by atoms with Gasteiger partial charge in [0.25, 0.3) is 0 Å². The first-order valence-electron chi connectivity index (χ1n) is 8.01. The molecule has 2 heterocycles. The van der Waals surface area contributed by atoms with Crippen LogP contribution >= 0.6 is 11.8 Å². The summed E-state index contributed by atoms with van der Waals surface area (Å²) in [7, 11) is 1.83. The topological polar surface area (TPSA) is 69.9 Å². The highest BCUT2D eigenvalue weighted by atomic mass is 32.2. The van der Waals surface area contributed by atoms with Crippen molar-refractivity contribution in [2.24, 2.45) is 7.05 Å². The molecule has 0 aliphatic heterocycles. The number of pyridine rings is 1. The van der Waals surface area contributed by atoms with Crippen LogP contribution in [0.4, 0.5) is 8.78 Å². The highest BCUT2D eigenvalue weighted by Crippen LogP contribution is 2.27. The first-order valence-corrected chi connectivity index (χ1v) is 8.89. The van der Waals surface area contributed by atoms with E-state index < -0.39 is 11.9 Å². The van der Waals surface area contributed by atoms with Gasteiger partial charge in [0.15, 0.2) is 16.8 Å². The Morgan fingerprint density at radius 2 is 1.78 bits per heavy atom. The van der Waals surface area contributed by atoms with Gasteiger partial charge in [-0.05, 0) is 43.3 Å². The summed E-state index contributed by atoms with van der Waals surface area (Å²) >= 11 is 1.28. The first-order chi connectivity index (χ1) is 13.0. The predicted molar refractivity (Wildman–Crippen MR) is 97.0 cm³/mol. The Labute approximate surface area is 158 Å². The van der Waals surface area contributed by atoms with E-state index in [0.29, 0.717) is 16.5 Å². The van der Waals surface area contributed by atoms with Crippen LogP contribution in [-0.4, -0.2) is 37.4 Å². The fourth-order valence-corrected chi connectivity index (χ4v) is 3.31. The Bertz CT molecular complexity index is 917. The first kappa shape index (κ1) is 19.0. The number of thioether (sulfide) groups is 1. The standard InChI is InChI=1S/C18H16F2N4O2S/c1-11(15(25)12-3-5-14(6-4-12)26-17(19)20)27-18-23-22-16(24(18)2)13-7-9-21-10-8-13/h3-11,17H,1-2H3/t11-/m0/s1. The van der Waals surface area contributed by atoms with Crippen LogP contribution in [0.3, 0.4) is 0 Å². The molecule has 0 fully saturated rings. The number of ketones is 1. The lowest BCUT2D eigenvalue weighted by Crippen LogP contribution is -2.14. The zero-order chi connectivity index (χ0) is 19.4. The molecule has 0 spiro atoms. The lowest BCUT2D eigenvalue weighted by Gasteiger charge is -2.11. The number of ether oxygens (including phenoxy) is 1. The molecular formula is C18H16F2N4O2S. The van der Waals surface area contributed by atoms with Gasteiger partial charge in [0.1, 0.15) is 5.75 Å². The number of alkyl halides is 2. The zero-order valence-electron chi connectivity index (χ0n) is 14.5. The summed E-state index contributed by atoms with van der Waals surface area (Å²) in [6, 6.07) is 9.29. The SMILES string of the molecule is C[C@H](Sc1nnc(-c2ccncc2)n1C)C(=O)c1ccc(OC(F)F)cc1. The van der Waals surface area contributed by atoms with Crippen LogP contribution in [0.2, 0.25) is 0 Å². The number of benzene rings is 1. The molecule has 0 bridgehead atoms. The Morgan fingerprint density at radius 1 is 1.11 bits per heavy atom. The molecule has 6 nitrogen and oxygen atoms in total. The van der Waals surface area contributed by atoms with Gasteiger partial charge < -0.3 is 9.30 Å². The molecule has 0 aliphatic carbocycles. The van der Waals surface area contributed by atoms with E-state index >= 15 is 0 Å². The molecule has 1 aromatic carbocycles. The quantitative estimate of drug-likeness (QED) is 0.451. The Kier molecular flexibility index (Phi) is 5.80. The van der Waals surface area contributed by atoms with E-state index in [0.717, 1.165) is 5.56 Å². The zero-order valence-corrected chi connectivity index (χ0v) is 15.4. The van der Waals surface area contributed by atoms with E-state index in [9.17, 15) is 13.6 Å². The number of halogens is 2. The second-order valence-electron chi connectivity index (χ2n) is 5.63. The minimum absolute atomic E-state index is 0.0113. The molecule has 0 unspecified atom stereocenters. The highest BCUT2D eigenvalue weighted by molar-refractivity contribution is 8.00. The monoisotopic (exact) mass is 390 g/mol. The molecule has 140 valence electrons. The molecule has 9 heteroatoms. The number of nitrogens with zero attached hydrogens (tertiary/aromatic N) is 4. The van der Waals surface area contributed by atoms with Crippen LogP contribution in [-0.2, 0) is 7.05 Å². The van der Waals surface area contributed by atoms with Gasteiger partial charge in [0.05, 0.1) is 5.25 Å². The molecule has 0 amide bonds. The van der Waals surface area contributed by atoms with Gasteiger partial charge in [-0.25, -0.2) is 0 Å². The Balaban J connectivity index is 1.71. The fourth-order valence-electron chi connectivity index (χ4n) is 2.42. The number of hydrogen-bond acceptors (Lipinski definition) is 6. The van der Waals surface area contributed by atoms with Crippen molar-refractivity contribution in [2.75, 3.05) is 0 Å². The molecule has 3 aromatic rings. The summed E-state index contributed by atoms with van der Waals surface area (Å²) in [6.07, 6.45) is 3.34. The van der Waals surface area contributed by atoms with Crippen LogP contribution in [0.25, 0.3) is 11.4 Å². The fraction of sp³-hybridized carbons (Fsp3) is 0.222. The lowest BCUT2D eigenvalue weighted by molar-refractivity contribution is -0.0498. The average Bonchev–Trinajstić information content (AvgIpc) is 3.02. The minimum atomic E-state index is -2.90. The van der Waals surface area contributed by atoms with Crippen LogP contribution in [0.5, 0.6) is 5.75 Å². The van der Waals surface area contributed by atoms with E-state index in [1.54, 1.807) is 19.3 Å². The van der Waals surface area contributed by atoms with Crippen LogP contribution < -0.4 is 4.74 Å². The van der Waals surface area contributed by atoms with E-state index in [1.165, 1.54) is 36.0 Å². The molecule has 0 radical (unpaired) electrons. The summed E-state index contributed by atoms with van der Waals surface area (Å²) in [5.41, 5.74) is 1.29. The minimum Gasteiger partial charge on any atom is -0.435 e. The molecule has 0 N–H and O–H groups in total. The number of aromatic nitrogens is 4. The maximum Gasteiger partial charge on any atom is 0.387 e. The molecule has 2 aromatic heterocycles. The number of Topliss-reactive ketones (excluding diaryl/α,β-unsaturated/α-hetero) is 1. The third-order valence-electron chi connectivity index (χ3n) is 3.79. The molecule has 27 heavy (non-hydrogen) atoms. The molecular weight excluding hydrogens is 374 g/mol. The van der Waals surface area contributed by atoms with Crippen molar-refractivity contribution >= 4 is 17.5 Å². The van der Waals surface area contributed by atoms with Crippen LogP contribution in [0.15, 0.2) is 53.9 Å². The van der Waals surface area contributed by atoms with Crippen molar-refractivity contribution in [3.8, 4) is 17.1 Å². The Hall–Kier alpha value is -2.81. The van der Waals surface area contributed by atoms with Crippen LogP contribution in [0.1, 0.15) is 17.3 Å². The smallest absolute Gasteiger partial charge is 0.387 e. The normalized spacial score (nSPS) is 12.2. The van der Waals surface area contributed by atoms with Crippen LogP contribution in [0, 0.1) is 0 Å². The van der Waals surface area contributed by atoms with Crippen molar-refractivity contribution in [2.45, 2.75) is 23.9 Å². The van der Waals surface area contributed by atoms with E-state index in [1.807, 2.05) is 23.7 Å². The van der Waals surface area contributed by atoms with Gasteiger partial charge in [-0.3, -0.25) is 9.78 Å². The van der Waals surface area contributed by atoms with Gasteiger partial charge in [-0.15, -0.1) is 10.2 Å². The van der Waals surface area contributed by atoms with Gasteiger partial charge in [0.2, 0.25) is 0 Å². The third-order valence-corrected chi connectivity index (χ3v) is 4.92. The van der Waals surface area contributed by atoms with Crippen molar-refractivity contribution in [3.63, 3.8) is 0 Å². The molecule has 0 saturated carbocycles. The van der Waals surface area contributed by atoms with Gasteiger partial charge in [-0.1, -0.05) is 11.8 Å². The third kappa shape index (κ3) is 4.48. The summed E-state index contributed by atoms with van der Waals surface area (Å²) < 4.78 is 30.5. The summed E-state index contributed by atoms with van der Waals surface area (Å²) in [4.78, 5) is 16.6. The van der Waals surface area contributed by atoms with Gasteiger partial charge >= 0.3 is 6.61 Å². The van der Waals surface area contributed by atoms with Crippen molar-refractivity contribution in [1.29, 1.82) is 0 Å². The summed E-state index contributed by atoms with van der Waals surface area (Å²) in [6.45, 7) is -1.14. The lowest BCUT2D eigenvalue weighted by atomic mass is 10.1. The van der Waals surface area contributed by atoms with Crippen molar-refractivity contribution < 1.29 is 18.3 Å². The molecule has 3 rings (SSSR count). The average molecular weight is 390 g/mol. The van der Waals surface area contributed by atoms with E-state index in [2.05, 4.69) is 19.9 Å². The largest absolute Gasteiger partial charge is 0.435 e.